The first-order valence-electron chi connectivity index (χ1n) is 17.6. The number of nitrogens with zero attached hydrogens (tertiary/aromatic N) is 4. The van der Waals surface area contributed by atoms with Gasteiger partial charge in [0.2, 0.25) is 0 Å². The van der Waals surface area contributed by atoms with E-state index in [9.17, 15) is 0 Å². The van der Waals surface area contributed by atoms with Crippen LogP contribution < -0.4 is 4.90 Å². The highest BCUT2D eigenvalue weighted by atomic mass is 15.1. The minimum atomic E-state index is 0.706. The number of aromatic nitrogens is 3. The van der Waals surface area contributed by atoms with Crippen LogP contribution in [-0.4, -0.2) is 14.5 Å². The summed E-state index contributed by atoms with van der Waals surface area (Å²) in [6.45, 7) is 0. The molecule has 4 heteroatoms. The molecule has 0 atom stereocenters. The highest BCUT2D eigenvalue weighted by Crippen LogP contribution is 2.45. The molecule has 0 fully saturated rings. The number of hydrogen-bond acceptors (Lipinski definition) is 3. The molecule has 52 heavy (non-hydrogen) atoms. The number of hydrogen-bond donors (Lipinski definition) is 0. The maximum absolute atomic E-state index is 5.14. The fourth-order valence-electron chi connectivity index (χ4n) is 7.49. The summed E-state index contributed by atoms with van der Waals surface area (Å²) < 4.78 is 2.39. The molecule has 0 spiro atoms. The van der Waals surface area contributed by atoms with Crippen molar-refractivity contribution in [2.24, 2.45) is 0 Å². The van der Waals surface area contributed by atoms with Crippen molar-refractivity contribution in [3.05, 3.63) is 193 Å². The smallest absolute Gasteiger partial charge is 0.160 e. The second-order valence-corrected chi connectivity index (χ2v) is 13.1. The molecule has 0 unspecified atom stereocenters. The molecule has 0 bridgehead atoms. The van der Waals surface area contributed by atoms with Gasteiger partial charge in [0.1, 0.15) is 0 Å². The molecule has 7 aromatic carbocycles. The van der Waals surface area contributed by atoms with Crippen molar-refractivity contribution in [3.63, 3.8) is 0 Å². The Labute approximate surface area is 302 Å². The zero-order valence-corrected chi connectivity index (χ0v) is 28.3. The predicted molar refractivity (Wildman–Crippen MR) is 216 cm³/mol. The summed E-state index contributed by atoms with van der Waals surface area (Å²) in [6.07, 6.45) is 4.49. The molecule has 0 radical (unpaired) electrons. The van der Waals surface area contributed by atoms with Gasteiger partial charge in [-0.3, -0.25) is 0 Å². The Morgan fingerprint density at radius 3 is 1.79 bits per heavy atom. The minimum absolute atomic E-state index is 0.706. The molecule has 0 amide bonds. The fraction of sp³-hybridized carbons (Fsp3) is 0. The zero-order valence-electron chi connectivity index (χ0n) is 28.3. The van der Waals surface area contributed by atoms with Crippen LogP contribution in [0.4, 0.5) is 17.1 Å². The maximum Gasteiger partial charge on any atom is 0.160 e. The quantitative estimate of drug-likeness (QED) is 0.184. The van der Waals surface area contributed by atoms with E-state index in [0.717, 1.165) is 67.4 Å². The molecular formula is C48H32N4. The van der Waals surface area contributed by atoms with E-state index in [-0.39, 0.29) is 0 Å². The van der Waals surface area contributed by atoms with E-state index >= 15 is 0 Å². The monoisotopic (exact) mass is 664 g/mol. The van der Waals surface area contributed by atoms with Gasteiger partial charge >= 0.3 is 0 Å². The molecule has 9 aromatic rings. The first kappa shape index (κ1) is 29.8. The second kappa shape index (κ2) is 12.4. The van der Waals surface area contributed by atoms with Gasteiger partial charge in [0, 0.05) is 44.4 Å². The first-order valence-corrected chi connectivity index (χ1v) is 17.6. The SMILES string of the molecule is C1=Cc2cc3c(cc2N(c2ccccc2)c2ccccc21)c1ccccc1n3-c1cccc(-c2cc(-c3ccccc3)nc(-c3ccccc3)n2)c1. The molecule has 0 saturated carbocycles. The van der Waals surface area contributed by atoms with E-state index in [1.165, 1.54) is 16.3 Å². The number of benzene rings is 7. The second-order valence-electron chi connectivity index (χ2n) is 13.1. The largest absolute Gasteiger partial charge is 0.309 e. The third kappa shape index (κ3) is 5.09. The molecule has 1 aliphatic heterocycles. The number of fused-ring (bicyclic) bond motifs is 5. The third-order valence-corrected chi connectivity index (χ3v) is 9.92. The molecule has 0 saturated heterocycles. The Bertz CT molecular complexity index is 2730. The van der Waals surface area contributed by atoms with Gasteiger partial charge in [0.25, 0.3) is 0 Å². The lowest BCUT2D eigenvalue weighted by atomic mass is 10.1. The molecular weight excluding hydrogens is 633 g/mol. The van der Waals surface area contributed by atoms with E-state index in [1.54, 1.807) is 0 Å². The lowest BCUT2D eigenvalue weighted by molar-refractivity contribution is 1.16. The summed E-state index contributed by atoms with van der Waals surface area (Å²) >= 11 is 0. The molecule has 0 aliphatic carbocycles. The number of para-hydroxylation sites is 3. The van der Waals surface area contributed by atoms with Gasteiger partial charge in [-0.15, -0.1) is 0 Å². The van der Waals surface area contributed by atoms with Crippen LogP contribution in [0.5, 0.6) is 0 Å². The van der Waals surface area contributed by atoms with Crippen LogP contribution in [0.25, 0.3) is 73.5 Å². The summed E-state index contributed by atoms with van der Waals surface area (Å²) in [5.74, 6) is 0.706. The van der Waals surface area contributed by atoms with Gasteiger partial charge in [-0.25, -0.2) is 9.97 Å². The fourth-order valence-corrected chi connectivity index (χ4v) is 7.49. The maximum atomic E-state index is 5.14. The lowest BCUT2D eigenvalue weighted by Gasteiger charge is -2.27. The lowest BCUT2D eigenvalue weighted by Crippen LogP contribution is -2.11. The molecule has 1 aliphatic rings. The normalized spacial score (nSPS) is 12.1. The Morgan fingerprint density at radius 1 is 0.365 bits per heavy atom. The summed E-state index contributed by atoms with van der Waals surface area (Å²) in [6, 6.07) is 64.1. The van der Waals surface area contributed by atoms with Gasteiger partial charge in [0.15, 0.2) is 5.82 Å². The van der Waals surface area contributed by atoms with Crippen LogP contribution in [0, 0.1) is 0 Å². The van der Waals surface area contributed by atoms with E-state index in [0.29, 0.717) is 5.82 Å². The van der Waals surface area contributed by atoms with Crippen LogP contribution in [0.15, 0.2) is 182 Å². The number of anilines is 3. The average Bonchev–Trinajstić information content (AvgIpc) is 3.44. The van der Waals surface area contributed by atoms with E-state index in [2.05, 4.69) is 179 Å². The van der Waals surface area contributed by atoms with Crippen molar-refractivity contribution in [3.8, 4) is 39.6 Å². The van der Waals surface area contributed by atoms with Gasteiger partial charge in [0.05, 0.1) is 33.8 Å². The van der Waals surface area contributed by atoms with Crippen molar-refractivity contribution in [2.45, 2.75) is 0 Å². The first-order chi connectivity index (χ1) is 25.8. The molecule has 4 nitrogen and oxygen atoms in total. The molecule has 244 valence electrons. The van der Waals surface area contributed by atoms with Gasteiger partial charge < -0.3 is 9.47 Å². The topological polar surface area (TPSA) is 34.0 Å². The van der Waals surface area contributed by atoms with Crippen molar-refractivity contribution in [1.29, 1.82) is 0 Å². The summed E-state index contributed by atoms with van der Waals surface area (Å²) in [4.78, 5) is 12.5. The highest BCUT2D eigenvalue weighted by molar-refractivity contribution is 6.12. The van der Waals surface area contributed by atoms with Crippen molar-refractivity contribution in [2.75, 3.05) is 4.90 Å². The van der Waals surface area contributed by atoms with Crippen LogP contribution >= 0.6 is 0 Å². The zero-order chi connectivity index (χ0) is 34.4. The molecule has 10 rings (SSSR count). The Kier molecular flexibility index (Phi) is 7.10. The summed E-state index contributed by atoms with van der Waals surface area (Å²) in [5.41, 5.74) is 14.0. The van der Waals surface area contributed by atoms with E-state index in [4.69, 9.17) is 9.97 Å². The van der Waals surface area contributed by atoms with E-state index in [1.807, 2.05) is 24.3 Å². The van der Waals surface area contributed by atoms with Crippen molar-refractivity contribution in [1.82, 2.24) is 14.5 Å². The van der Waals surface area contributed by atoms with Crippen LogP contribution in [0.3, 0.4) is 0 Å². The van der Waals surface area contributed by atoms with E-state index < -0.39 is 0 Å². The summed E-state index contributed by atoms with van der Waals surface area (Å²) in [5, 5.41) is 2.41. The van der Waals surface area contributed by atoms with Crippen LogP contribution in [0.1, 0.15) is 11.1 Å². The highest BCUT2D eigenvalue weighted by Gasteiger charge is 2.23. The number of rotatable bonds is 5. The van der Waals surface area contributed by atoms with Crippen molar-refractivity contribution < 1.29 is 0 Å². The standard InChI is InChI=1S/C48H32N4/c1-4-15-33(16-5-1)42-32-43(50-48(49-42)35-18-6-2-7-19-35)36-20-14-23-39(29-36)52-45-26-13-11-24-40(45)41-31-46-37(30-47(41)52)28-27-34-17-10-12-25-44(34)51(46)38-21-8-3-9-22-38/h1-32H. The van der Waals surface area contributed by atoms with Crippen molar-refractivity contribution >= 4 is 51.0 Å². The van der Waals surface area contributed by atoms with Gasteiger partial charge in [-0.05, 0) is 60.2 Å². The van der Waals surface area contributed by atoms with Crippen LogP contribution in [0.2, 0.25) is 0 Å². The average molecular weight is 665 g/mol. The molecule has 0 N–H and O–H groups in total. The van der Waals surface area contributed by atoms with Gasteiger partial charge in [-0.1, -0.05) is 140 Å². The van der Waals surface area contributed by atoms with Crippen LogP contribution in [-0.2, 0) is 0 Å². The Balaban J connectivity index is 1.18. The molecule has 3 heterocycles. The predicted octanol–water partition coefficient (Wildman–Crippen LogP) is 12.5. The Hall–Kier alpha value is -7.04. The third-order valence-electron chi connectivity index (χ3n) is 9.92. The summed E-state index contributed by atoms with van der Waals surface area (Å²) in [7, 11) is 0. The molecule has 2 aromatic heterocycles. The van der Waals surface area contributed by atoms with Gasteiger partial charge in [-0.2, -0.15) is 0 Å². The minimum Gasteiger partial charge on any atom is -0.309 e. The Morgan fingerprint density at radius 2 is 0.981 bits per heavy atom.